The molecule has 49 heavy (non-hydrogen) atoms. The number of aryl methyl sites for hydroxylation is 1. The van der Waals surface area contributed by atoms with Crippen molar-refractivity contribution in [2.75, 3.05) is 32.8 Å². The predicted molar refractivity (Wildman–Crippen MR) is 183 cm³/mol. The summed E-state index contributed by atoms with van der Waals surface area (Å²) in [5, 5.41) is 16.2. The first-order valence-electron chi connectivity index (χ1n) is 16.9. The molecule has 256 valence electrons. The average molecular weight is 666 g/mol. The van der Waals surface area contributed by atoms with E-state index in [0.717, 1.165) is 29.5 Å². The van der Waals surface area contributed by atoms with E-state index in [1.807, 2.05) is 36.4 Å². The smallest absolute Gasteiger partial charge is 0.251 e. The zero-order valence-electron chi connectivity index (χ0n) is 27.6. The van der Waals surface area contributed by atoms with E-state index in [0.29, 0.717) is 25.1 Å². The SMILES string of the molecule is C=CCN1CC(=O)N2[C@@H](Cc3ccc(O)cc3)C(=O)N(Cc3cccc(C(=O)NCC4CCCO4)c3)C[C@@H]2N1C(=O)CCc1ccccc1. The number of fused-ring (bicyclic) bond motifs is 1. The molecule has 2 N–H and O–H groups in total. The molecule has 1 unspecified atom stereocenters. The molecule has 3 aromatic rings. The third kappa shape index (κ3) is 8.01. The van der Waals surface area contributed by atoms with Crippen LogP contribution in [0.1, 0.15) is 46.3 Å². The molecule has 3 fully saturated rings. The molecule has 3 saturated heterocycles. The highest BCUT2D eigenvalue weighted by Crippen LogP contribution is 2.30. The van der Waals surface area contributed by atoms with Crippen molar-refractivity contribution in [3.05, 3.63) is 114 Å². The topological polar surface area (TPSA) is 123 Å². The fourth-order valence-electron chi connectivity index (χ4n) is 6.91. The van der Waals surface area contributed by atoms with Crippen LogP contribution in [-0.4, -0.2) is 99.7 Å². The van der Waals surface area contributed by atoms with Crippen LogP contribution in [0.15, 0.2) is 91.5 Å². The lowest BCUT2D eigenvalue weighted by Crippen LogP contribution is -2.75. The fourth-order valence-corrected chi connectivity index (χ4v) is 6.91. The zero-order chi connectivity index (χ0) is 34.3. The molecule has 3 aliphatic heterocycles. The van der Waals surface area contributed by atoms with Crippen molar-refractivity contribution >= 4 is 23.6 Å². The maximum Gasteiger partial charge on any atom is 0.251 e. The maximum absolute atomic E-state index is 14.3. The van der Waals surface area contributed by atoms with Crippen molar-refractivity contribution in [1.82, 2.24) is 25.1 Å². The van der Waals surface area contributed by atoms with Gasteiger partial charge in [-0.3, -0.25) is 19.2 Å². The summed E-state index contributed by atoms with van der Waals surface area (Å²) in [6, 6.07) is 22.6. The first-order chi connectivity index (χ1) is 23.8. The Balaban J connectivity index is 1.28. The quantitative estimate of drug-likeness (QED) is 0.285. The van der Waals surface area contributed by atoms with Crippen LogP contribution in [0.3, 0.4) is 0 Å². The highest BCUT2D eigenvalue weighted by Gasteiger charge is 2.51. The van der Waals surface area contributed by atoms with Crippen molar-refractivity contribution in [3.63, 3.8) is 0 Å². The van der Waals surface area contributed by atoms with Gasteiger partial charge in [0.1, 0.15) is 18.0 Å². The Morgan fingerprint density at radius 3 is 2.49 bits per heavy atom. The number of amides is 4. The lowest BCUT2D eigenvalue weighted by molar-refractivity contribution is -0.205. The number of phenolic OH excluding ortho intramolecular Hbond substituents is 1. The van der Waals surface area contributed by atoms with Gasteiger partial charge in [0.15, 0.2) is 0 Å². The molecule has 6 rings (SSSR count). The van der Waals surface area contributed by atoms with Crippen molar-refractivity contribution in [1.29, 1.82) is 0 Å². The molecule has 3 atom stereocenters. The summed E-state index contributed by atoms with van der Waals surface area (Å²) in [6.07, 6.45) is 3.78. The van der Waals surface area contributed by atoms with Gasteiger partial charge in [0.2, 0.25) is 17.7 Å². The molecule has 4 amide bonds. The summed E-state index contributed by atoms with van der Waals surface area (Å²) in [5.41, 5.74) is 3.03. The van der Waals surface area contributed by atoms with E-state index in [-0.39, 0.29) is 74.5 Å². The van der Waals surface area contributed by atoms with E-state index in [1.165, 1.54) is 0 Å². The Labute approximate surface area is 286 Å². The number of carbonyl (C=O) groups is 4. The van der Waals surface area contributed by atoms with Gasteiger partial charge in [-0.15, -0.1) is 6.58 Å². The van der Waals surface area contributed by atoms with Gasteiger partial charge < -0.3 is 25.0 Å². The second-order valence-electron chi connectivity index (χ2n) is 12.8. The minimum Gasteiger partial charge on any atom is -0.508 e. The highest BCUT2D eigenvalue weighted by molar-refractivity contribution is 5.94. The Kier molecular flexibility index (Phi) is 10.7. The molecule has 0 bridgehead atoms. The summed E-state index contributed by atoms with van der Waals surface area (Å²) in [4.78, 5) is 58.5. The van der Waals surface area contributed by atoms with E-state index in [9.17, 15) is 24.3 Å². The Morgan fingerprint density at radius 2 is 1.76 bits per heavy atom. The van der Waals surface area contributed by atoms with E-state index >= 15 is 0 Å². The van der Waals surface area contributed by atoms with Crippen LogP contribution in [0.5, 0.6) is 5.75 Å². The fraction of sp³-hybridized carbons (Fsp3) is 0.368. The van der Waals surface area contributed by atoms with E-state index in [1.54, 1.807) is 68.4 Å². The molecule has 11 heteroatoms. The summed E-state index contributed by atoms with van der Waals surface area (Å²) in [7, 11) is 0. The number of hydrogen-bond acceptors (Lipinski definition) is 7. The first-order valence-corrected chi connectivity index (χ1v) is 16.9. The third-order valence-electron chi connectivity index (χ3n) is 9.34. The highest BCUT2D eigenvalue weighted by atomic mass is 16.5. The van der Waals surface area contributed by atoms with Crippen molar-refractivity contribution < 1.29 is 29.0 Å². The van der Waals surface area contributed by atoms with Gasteiger partial charge in [-0.2, -0.15) is 0 Å². The van der Waals surface area contributed by atoms with Crippen LogP contribution in [0, 0.1) is 0 Å². The van der Waals surface area contributed by atoms with Gasteiger partial charge in [-0.1, -0.05) is 60.7 Å². The largest absolute Gasteiger partial charge is 0.508 e. The Hall–Kier alpha value is -5.00. The lowest BCUT2D eigenvalue weighted by atomic mass is 9.97. The Bertz CT molecular complexity index is 1660. The van der Waals surface area contributed by atoms with Crippen LogP contribution >= 0.6 is 0 Å². The van der Waals surface area contributed by atoms with Crippen LogP contribution in [-0.2, 0) is 38.5 Å². The second-order valence-corrected chi connectivity index (χ2v) is 12.8. The van der Waals surface area contributed by atoms with Crippen molar-refractivity contribution in [2.45, 2.75) is 57.0 Å². The molecule has 0 radical (unpaired) electrons. The number of piperazine rings is 1. The average Bonchev–Trinajstić information content (AvgIpc) is 3.63. The van der Waals surface area contributed by atoms with E-state index in [4.69, 9.17) is 4.74 Å². The number of hydrazine groups is 1. The van der Waals surface area contributed by atoms with Gasteiger partial charge in [-0.25, -0.2) is 10.0 Å². The minimum absolute atomic E-state index is 0.0174. The third-order valence-corrected chi connectivity index (χ3v) is 9.34. The predicted octanol–water partition coefficient (Wildman–Crippen LogP) is 3.29. The molecule has 0 spiro atoms. The molecule has 3 heterocycles. The number of rotatable bonds is 12. The standard InChI is InChI=1S/C38H43N5O6/c1-2-19-41-26-36(46)42-33(22-28-13-16-31(44)17-14-28)38(48)40(25-34(42)43(41)35(45)18-15-27-8-4-3-5-9-27)24-29-10-6-11-30(21-29)37(47)39-23-32-12-7-20-49-32/h2-6,8-11,13-14,16-17,21,32-34,44H,1,7,12,15,18-20,22-26H2,(H,39,47)/t32?,33-,34-/m0/s1. The molecule has 11 nitrogen and oxygen atoms in total. The van der Waals surface area contributed by atoms with Crippen LogP contribution in [0.2, 0.25) is 0 Å². The van der Waals surface area contributed by atoms with Crippen molar-refractivity contribution in [3.8, 4) is 5.75 Å². The van der Waals surface area contributed by atoms with Gasteiger partial charge in [0.25, 0.3) is 5.91 Å². The number of nitrogens with one attached hydrogen (secondary N) is 1. The second kappa shape index (κ2) is 15.5. The number of ether oxygens (including phenoxy) is 1. The normalized spacial score (nSPS) is 21.1. The summed E-state index contributed by atoms with van der Waals surface area (Å²) in [6.45, 7) is 5.50. The number of hydrogen-bond donors (Lipinski definition) is 2. The van der Waals surface area contributed by atoms with Gasteiger partial charge in [0, 0.05) is 44.6 Å². The van der Waals surface area contributed by atoms with Crippen LogP contribution in [0.25, 0.3) is 0 Å². The first kappa shape index (κ1) is 33.9. The molecule has 0 aliphatic carbocycles. The molecular weight excluding hydrogens is 622 g/mol. The summed E-state index contributed by atoms with van der Waals surface area (Å²) < 4.78 is 5.63. The minimum atomic E-state index is -0.885. The van der Waals surface area contributed by atoms with Gasteiger partial charge in [-0.05, 0) is 60.2 Å². The van der Waals surface area contributed by atoms with Gasteiger partial charge >= 0.3 is 0 Å². The number of carbonyl (C=O) groups excluding carboxylic acids is 4. The zero-order valence-corrected chi connectivity index (χ0v) is 27.6. The molecule has 3 aromatic carbocycles. The molecule has 0 aromatic heterocycles. The van der Waals surface area contributed by atoms with Crippen LogP contribution in [0.4, 0.5) is 0 Å². The summed E-state index contributed by atoms with van der Waals surface area (Å²) >= 11 is 0. The number of nitrogens with zero attached hydrogens (tertiary/aromatic N) is 4. The monoisotopic (exact) mass is 665 g/mol. The lowest BCUT2D eigenvalue weighted by Gasteiger charge is -2.55. The van der Waals surface area contributed by atoms with E-state index < -0.39 is 12.2 Å². The Morgan fingerprint density at radius 1 is 0.980 bits per heavy atom. The number of phenols is 1. The maximum atomic E-state index is 14.3. The molecule has 3 aliphatic rings. The van der Waals surface area contributed by atoms with Crippen molar-refractivity contribution in [2.24, 2.45) is 0 Å². The van der Waals surface area contributed by atoms with Gasteiger partial charge in [0.05, 0.1) is 19.2 Å². The number of aromatic hydroxyl groups is 1. The van der Waals surface area contributed by atoms with E-state index in [2.05, 4.69) is 11.9 Å². The summed E-state index contributed by atoms with van der Waals surface area (Å²) in [5.74, 6) is -0.773. The molecular formula is C38H43N5O6. The van der Waals surface area contributed by atoms with Crippen LogP contribution < -0.4 is 5.32 Å². The number of benzene rings is 3. The molecule has 0 saturated carbocycles.